The van der Waals surface area contributed by atoms with E-state index < -0.39 is 5.60 Å². The quantitative estimate of drug-likeness (QED) is 0.609. The number of halogens is 1. The first-order valence-corrected chi connectivity index (χ1v) is 11.0. The van der Waals surface area contributed by atoms with E-state index in [1.54, 1.807) is 17.2 Å². The molecule has 0 saturated carbocycles. The van der Waals surface area contributed by atoms with Crippen molar-refractivity contribution in [1.82, 2.24) is 9.88 Å². The van der Waals surface area contributed by atoms with Crippen LogP contribution in [0.15, 0.2) is 36.5 Å². The van der Waals surface area contributed by atoms with E-state index >= 15 is 0 Å². The third-order valence-electron chi connectivity index (χ3n) is 4.68. The van der Waals surface area contributed by atoms with Gasteiger partial charge in [0.15, 0.2) is 0 Å². The van der Waals surface area contributed by atoms with Gasteiger partial charge in [-0.25, -0.2) is 9.78 Å². The van der Waals surface area contributed by atoms with Gasteiger partial charge >= 0.3 is 6.09 Å². The monoisotopic (exact) mass is 522 g/mol. The molecule has 1 aliphatic heterocycles. The summed E-state index contributed by atoms with van der Waals surface area (Å²) in [7, 11) is 0. The molecule has 0 bridgehead atoms. The van der Waals surface area contributed by atoms with Crippen molar-refractivity contribution in [2.45, 2.75) is 33.3 Å². The first kappa shape index (κ1) is 22.3. The minimum absolute atomic E-state index is 0.190. The first-order valence-electron chi connectivity index (χ1n) is 9.89. The second-order valence-electron chi connectivity index (χ2n) is 8.28. The van der Waals surface area contributed by atoms with Gasteiger partial charge in [0.25, 0.3) is 5.91 Å². The van der Waals surface area contributed by atoms with Crippen LogP contribution in [0.1, 0.15) is 36.7 Å². The summed E-state index contributed by atoms with van der Waals surface area (Å²) >= 11 is 2.27. The summed E-state index contributed by atoms with van der Waals surface area (Å²) in [6, 6.07) is 9.43. The number of aryl methyl sites for hydroxylation is 1. The number of hydrogen-bond acceptors (Lipinski definition) is 5. The lowest BCUT2D eigenvalue weighted by Crippen LogP contribution is -2.50. The molecule has 0 aliphatic carbocycles. The average molecular weight is 522 g/mol. The maximum atomic E-state index is 12.5. The highest BCUT2D eigenvalue weighted by Gasteiger charge is 2.26. The van der Waals surface area contributed by atoms with Gasteiger partial charge in [-0.2, -0.15) is 0 Å². The van der Waals surface area contributed by atoms with E-state index in [1.165, 1.54) is 0 Å². The molecule has 8 heteroatoms. The number of carbonyl (C=O) groups excluding carboxylic acids is 2. The number of nitrogens with one attached hydrogen (secondary N) is 1. The van der Waals surface area contributed by atoms with E-state index in [2.05, 4.69) is 37.8 Å². The zero-order valence-corrected chi connectivity index (χ0v) is 19.9. The third kappa shape index (κ3) is 5.84. The maximum absolute atomic E-state index is 12.5. The summed E-state index contributed by atoms with van der Waals surface area (Å²) in [6.45, 7) is 10.1. The summed E-state index contributed by atoms with van der Waals surface area (Å²) in [6.07, 6.45) is 1.30. The van der Waals surface area contributed by atoms with Gasteiger partial charge in [-0.05, 0) is 86.2 Å². The number of nitrogens with zero attached hydrogens (tertiary/aromatic N) is 3. The van der Waals surface area contributed by atoms with Gasteiger partial charge in [0.05, 0.1) is 5.56 Å². The van der Waals surface area contributed by atoms with Crippen molar-refractivity contribution in [3.63, 3.8) is 0 Å². The maximum Gasteiger partial charge on any atom is 0.410 e. The minimum Gasteiger partial charge on any atom is -0.444 e. The molecule has 0 unspecified atom stereocenters. The number of piperazine rings is 1. The van der Waals surface area contributed by atoms with Crippen LogP contribution in [-0.4, -0.2) is 53.7 Å². The van der Waals surface area contributed by atoms with Crippen LogP contribution < -0.4 is 10.2 Å². The molecule has 1 aliphatic rings. The summed E-state index contributed by atoms with van der Waals surface area (Å²) in [5, 5.41) is 2.91. The Morgan fingerprint density at radius 3 is 2.37 bits per heavy atom. The normalized spacial score (nSPS) is 14.4. The smallest absolute Gasteiger partial charge is 0.410 e. The Morgan fingerprint density at radius 2 is 1.80 bits per heavy atom. The highest BCUT2D eigenvalue weighted by Crippen LogP contribution is 2.19. The molecule has 1 fully saturated rings. The van der Waals surface area contributed by atoms with Gasteiger partial charge in [-0.3, -0.25) is 4.79 Å². The van der Waals surface area contributed by atoms with Crippen molar-refractivity contribution < 1.29 is 14.3 Å². The molecule has 2 heterocycles. The molecule has 3 rings (SSSR count). The van der Waals surface area contributed by atoms with Crippen LogP contribution in [0.25, 0.3) is 0 Å². The molecular weight excluding hydrogens is 495 g/mol. The highest BCUT2D eigenvalue weighted by molar-refractivity contribution is 14.1. The van der Waals surface area contributed by atoms with Crippen LogP contribution in [0.4, 0.5) is 16.3 Å². The van der Waals surface area contributed by atoms with Crippen LogP contribution in [0, 0.1) is 10.5 Å². The molecule has 1 aromatic heterocycles. The number of ether oxygens (including phenoxy) is 1. The molecule has 0 radical (unpaired) electrons. The number of amides is 2. The predicted molar refractivity (Wildman–Crippen MR) is 126 cm³/mol. The van der Waals surface area contributed by atoms with Crippen molar-refractivity contribution in [2.24, 2.45) is 0 Å². The van der Waals surface area contributed by atoms with Crippen molar-refractivity contribution in [1.29, 1.82) is 0 Å². The van der Waals surface area contributed by atoms with E-state index in [4.69, 9.17) is 4.74 Å². The number of hydrogen-bond donors (Lipinski definition) is 1. The lowest BCUT2D eigenvalue weighted by Gasteiger charge is -2.36. The lowest BCUT2D eigenvalue weighted by molar-refractivity contribution is 0.0240. The molecule has 2 amide bonds. The van der Waals surface area contributed by atoms with Gasteiger partial charge in [0, 0.05) is 41.6 Å². The van der Waals surface area contributed by atoms with Crippen molar-refractivity contribution in [2.75, 3.05) is 36.4 Å². The fraction of sp³-hybridized carbons (Fsp3) is 0.409. The molecule has 7 nitrogen and oxygen atoms in total. The largest absolute Gasteiger partial charge is 0.444 e. The fourth-order valence-corrected chi connectivity index (χ4v) is 3.41. The highest BCUT2D eigenvalue weighted by atomic mass is 127. The summed E-state index contributed by atoms with van der Waals surface area (Å²) in [5.41, 5.74) is 1.89. The van der Waals surface area contributed by atoms with E-state index in [-0.39, 0.29) is 12.0 Å². The average Bonchev–Trinajstić information content (AvgIpc) is 2.70. The number of anilines is 2. The third-order valence-corrected chi connectivity index (χ3v) is 5.89. The molecular formula is C22H27IN4O3. The van der Waals surface area contributed by atoms with Gasteiger partial charge < -0.3 is 19.9 Å². The van der Waals surface area contributed by atoms with Crippen LogP contribution in [-0.2, 0) is 4.74 Å². The predicted octanol–water partition coefficient (Wildman–Crippen LogP) is 4.30. The van der Waals surface area contributed by atoms with Crippen molar-refractivity contribution in [3.8, 4) is 0 Å². The SMILES string of the molecule is Cc1cc(NC(=O)c2ccc(N3CCN(C(=O)OC(C)(C)C)CC3)nc2)ccc1I. The molecule has 0 atom stereocenters. The summed E-state index contributed by atoms with van der Waals surface area (Å²) < 4.78 is 6.59. The zero-order chi connectivity index (χ0) is 21.9. The topological polar surface area (TPSA) is 74.8 Å². The Bertz CT molecular complexity index is 917. The molecule has 2 aromatic rings. The molecule has 1 saturated heterocycles. The second-order valence-corrected chi connectivity index (χ2v) is 9.44. The molecule has 1 N–H and O–H groups in total. The minimum atomic E-state index is -0.497. The summed E-state index contributed by atoms with van der Waals surface area (Å²) in [4.78, 5) is 33.0. The number of pyridine rings is 1. The van der Waals surface area contributed by atoms with E-state index in [1.807, 2.05) is 52.0 Å². The van der Waals surface area contributed by atoms with Crippen molar-refractivity contribution >= 4 is 46.1 Å². The van der Waals surface area contributed by atoms with Crippen LogP contribution in [0.5, 0.6) is 0 Å². The molecule has 1 aromatic carbocycles. The van der Waals surface area contributed by atoms with Gasteiger partial charge in [-0.1, -0.05) is 0 Å². The fourth-order valence-electron chi connectivity index (χ4n) is 3.08. The molecule has 0 spiro atoms. The Labute approximate surface area is 190 Å². The van der Waals surface area contributed by atoms with E-state index in [9.17, 15) is 9.59 Å². The van der Waals surface area contributed by atoms with Crippen molar-refractivity contribution in [3.05, 3.63) is 51.2 Å². The van der Waals surface area contributed by atoms with Crippen LogP contribution in [0.2, 0.25) is 0 Å². The zero-order valence-electron chi connectivity index (χ0n) is 17.7. The van der Waals surface area contributed by atoms with Gasteiger partial charge in [0.2, 0.25) is 0 Å². The van der Waals surface area contributed by atoms with E-state index in [0.29, 0.717) is 31.7 Å². The van der Waals surface area contributed by atoms with Gasteiger partial charge in [0.1, 0.15) is 11.4 Å². The number of aromatic nitrogens is 1. The van der Waals surface area contributed by atoms with E-state index in [0.717, 1.165) is 20.6 Å². The molecule has 160 valence electrons. The number of carbonyl (C=O) groups is 2. The number of benzene rings is 1. The Morgan fingerprint density at radius 1 is 1.10 bits per heavy atom. The van der Waals surface area contributed by atoms with Gasteiger partial charge in [-0.15, -0.1) is 0 Å². The standard InChI is InChI=1S/C22H27IN4O3/c1-15-13-17(6-7-18(15)23)25-20(28)16-5-8-19(24-14-16)26-9-11-27(12-10-26)21(29)30-22(2,3)4/h5-8,13-14H,9-12H2,1-4H3,(H,25,28). The molecule has 30 heavy (non-hydrogen) atoms. The first-order chi connectivity index (χ1) is 14.1. The Balaban J connectivity index is 1.56. The Kier molecular flexibility index (Phi) is 6.84. The van der Waals surface area contributed by atoms with Crippen LogP contribution in [0.3, 0.4) is 0 Å². The Hall–Kier alpha value is -2.36. The van der Waals surface area contributed by atoms with Crippen LogP contribution >= 0.6 is 22.6 Å². The number of rotatable bonds is 3. The lowest BCUT2D eigenvalue weighted by atomic mass is 10.2. The second kappa shape index (κ2) is 9.20. The summed E-state index contributed by atoms with van der Waals surface area (Å²) in [5.74, 6) is 0.602.